The second-order valence-corrected chi connectivity index (χ2v) is 6.29. The van der Waals surface area contributed by atoms with Gasteiger partial charge in [0.25, 0.3) is 0 Å². The highest BCUT2D eigenvalue weighted by Crippen LogP contribution is 2.32. The van der Waals surface area contributed by atoms with Gasteiger partial charge in [-0.2, -0.15) is 11.8 Å². The number of rotatable bonds is 5. The highest BCUT2D eigenvalue weighted by Gasteiger charge is 2.18. The van der Waals surface area contributed by atoms with E-state index in [0.717, 1.165) is 11.0 Å². The molecule has 15 heavy (non-hydrogen) atoms. The van der Waals surface area contributed by atoms with Gasteiger partial charge >= 0.3 is 0 Å². The Bertz CT molecular complexity index is 268. The third-order valence-electron chi connectivity index (χ3n) is 2.89. The zero-order chi connectivity index (χ0) is 10.5. The number of hydrazine groups is 1. The van der Waals surface area contributed by atoms with Crippen molar-refractivity contribution in [3.05, 3.63) is 22.4 Å². The van der Waals surface area contributed by atoms with Crippen molar-refractivity contribution in [2.24, 2.45) is 5.84 Å². The Labute approximate surface area is 99.6 Å². The number of nitrogens with two attached hydrogens (primary N) is 1. The van der Waals surface area contributed by atoms with Crippen LogP contribution < -0.4 is 11.3 Å². The summed E-state index contributed by atoms with van der Waals surface area (Å²) < 4.78 is 0. The Hall–Kier alpha value is -0.0300. The number of hydrogen-bond donors (Lipinski definition) is 2. The highest BCUT2D eigenvalue weighted by molar-refractivity contribution is 7.99. The van der Waals surface area contributed by atoms with E-state index in [0.29, 0.717) is 6.04 Å². The molecule has 0 saturated heterocycles. The molecule has 1 aromatic heterocycles. The Balaban J connectivity index is 1.80. The van der Waals surface area contributed by atoms with Crippen LogP contribution in [-0.4, -0.2) is 11.0 Å². The lowest BCUT2D eigenvalue weighted by Crippen LogP contribution is -2.29. The van der Waals surface area contributed by atoms with Gasteiger partial charge in [0, 0.05) is 15.9 Å². The Morgan fingerprint density at radius 2 is 2.33 bits per heavy atom. The van der Waals surface area contributed by atoms with Gasteiger partial charge in [-0.3, -0.25) is 11.3 Å². The fourth-order valence-electron chi connectivity index (χ4n) is 1.99. The molecule has 1 heterocycles. The Morgan fingerprint density at radius 1 is 1.53 bits per heavy atom. The van der Waals surface area contributed by atoms with E-state index >= 15 is 0 Å². The molecular weight excluding hydrogens is 224 g/mol. The molecule has 84 valence electrons. The molecule has 1 unspecified atom stereocenters. The van der Waals surface area contributed by atoms with Gasteiger partial charge in [-0.25, -0.2) is 0 Å². The lowest BCUT2D eigenvalue weighted by atomic mass is 10.3. The number of thiophene rings is 1. The summed E-state index contributed by atoms with van der Waals surface area (Å²) in [7, 11) is 0. The minimum atomic E-state index is 0.329. The third kappa shape index (κ3) is 3.21. The summed E-state index contributed by atoms with van der Waals surface area (Å²) in [6.45, 7) is 0. The molecule has 2 rings (SSSR count). The van der Waals surface area contributed by atoms with Crippen LogP contribution in [0.2, 0.25) is 0 Å². The molecular formula is C11H18N2S2. The van der Waals surface area contributed by atoms with Crippen molar-refractivity contribution < 1.29 is 0 Å². The average molecular weight is 242 g/mol. The maximum atomic E-state index is 5.59. The monoisotopic (exact) mass is 242 g/mol. The summed E-state index contributed by atoms with van der Waals surface area (Å²) in [5.74, 6) is 6.69. The molecule has 1 aromatic rings. The smallest absolute Gasteiger partial charge is 0.0643 e. The maximum absolute atomic E-state index is 5.59. The van der Waals surface area contributed by atoms with Gasteiger partial charge in [0.05, 0.1) is 6.04 Å². The predicted octanol–water partition coefficient (Wildman–Crippen LogP) is 2.93. The molecule has 1 saturated carbocycles. The van der Waals surface area contributed by atoms with Crippen molar-refractivity contribution in [3.63, 3.8) is 0 Å². The van der Waals surface area contributed by atoms with Gasteiger partial charge in [0.15, 0.2) is 0 Å². The first kappa shape index (κ1) is 11.5. The van der Waals surface area contributed by atoms with Crippen LogP contribution in [0, 0.1) is 0 Å². The van der Waals surface area contributed by atoms with Crippen LogP contribution in [0.25, 0.3) is 0 Å². The first-order valence-electron chi connectivity index (χ1n) is 5.51. The van der Waals surface area contributed by atoms with Crippen LogP contribution in [0.3, 0.4) is 0 Å². The molecule has 3 N–H and O–H groups in total. The van der Waals surface area contributed by atoms with E-state index in [1.807, 2.05) is 0 Å². The van der Waals surface area contributed by atoms with Crippen LogP contribution in [0.5, 0.6) is 0 Å². The van der Waals surface area contributed by atoms with E-state index in [-0.39, 0.29) is 0 Å². The molecule has 1 aliphatic rings. The van der Waals surface area contributed by atoms with Crippen molar-refractivity contribution in [2.45, 2.75) is 37.0 Å². The molecule has 0 aromatic carbocycles. The molecule has 1 atom stereocenters. The second kappa shape index (κ2) is 5.89. The second-order valence-electron chi connectivity index (χ2n) is 3.97. The Morgan fingerprint density at radius 3 is 2.93 bits per heavy atom. The fraction of sp³-hybridized carbons (Fsp3) is 0.636. The maximum Gasteiger partial charge on any atom is 0.0643 e. The van der Waals surface area contributed by atoms with Crippen LogP contribution in [0.15, 0.2) is 17.5 Å². The summed E-state index contributed by atoms with van der Waals surface area (Å²) in [6.07, 6.45) is 5.62. The van der Waals surface area contributed by atoms with Crippen molar-refractivity contribution in [1.29, 1.82) is 0 Å². The van der Waals surface area contributed by atoms with Crippen LogP contribution in [0.1, 0.15) is 36.6 Å². The lowest BCUT2D eigenvalue weighted by Gasteiger charge is -2.16. The fourth-order valence-corrected chi connectivity index (χ4v) is 4.29. The number of thioether (sulfide) groups is 1. The molecule has 1 fully saturated rings. The topological polar surface area (TPSA) is 38.0 Å². The zero-order valence-electron chi connectivity index (χ0n) is 8.82. The first-order chi connectivity index (χ1) is 7.40. The minimum absolute atomic E-state index is 0.329. The molecule has 0 radical (unpaired) electrons. The van der Waals surface area contributed by atoms with Gasteiger partial charge in [-0.1, -0.05) is 18.9 Å². The minimum Gasteiger partial charge on any atom is -0.271 e. The SMILES string of the molecule is NNC(CSC1CCCC1)c1cccs1. The van der Waals surface area contributed by atoms with Crippen molar-refractivity contribution >= 4 is 23.1 Å². The number of hydrogen-bond acceptors (Lipinski definition) is 4. The molecule has 0 aliphatic heterocycles. The van der Waals surface area contributed by atoms with Crippen molar-refractivity contribution in [3.8, 4) is 0 Å². The van der Waals surface area contributed by atoms with Gasteiger partial charge in [0.1, 0.15) is 0 Å². The highest BCUT2D eigenvalue weighted by atomic mass is 32.2. The van der Waals surface area contributed by atoms with Crippen LogP contribution in [-0.2, 0) is 0 Å². The van der Waals surface area contributed by atoms with E-state index in [9.17, 15) is 0 Å². The molecule has 2 nitrogen and oxygen atoms in total. The van der Waals surface area contributed by atoms with Crippen LogP contribution in [0.4, 0.5) is 0 Å². The lowest BCUT2D eigenvalue weighted by molar-refractivity contribution is 0.619. The van der Waals surface area contributed by atoms with E-state index in [2.05, 4.69) is 34.7 Å². The van der Waals surface area contributed by atoms with E-state index < -0.39 is 0 Å². The largest absolute Gasteiger partial charge is 0.271 e. The van der Waals surface area contributed by atoms with Gasteiger partial charge in [-0.05, 0) is 24.3 Å². The van der Waals surface area contributed by atoms with Gasteiger partial charge in [-0.15, -0.1) is 11.3 Å². The molecule has 0 spiro atoms. The quantitative estimate of drug-likeness (QED) is 0.616. The average Bonchev–Trinajstić information content (AvgIpc) is 2.90. The molecule has 0 amide bonds. The van der Waals surface area contributed by atoms with E-state index in [1.54, 1.807) is 11.3 Å². The predicted molar refractivity (Wildman–Crippen MR) is 69.1 cm³/mol. The van der Waals surface area contributed by atoms with E-state index in [1.165, 1.54) is 30.6 Å². The van der Waals surface area contributed by atoms with Crippen LogP contribution >= 0.6 is 23.1 Å². The van der Waals surface area contributed by atoms with Crippen molar-refractivity contribution in [2.75, 3.05) is 5.75 Å². The molecule has 1 aliphatic carbocycles. The normalized spacial score (nSPS) is 19.5. The third-order valence-corrected chi connectivity index (χ3v) is 5.34. The summed E-state index contributed by atoms with van der Waals surface area (Å²) in [5, 5.41) is 2.99. The number of nitrogens with one attached hydrogen (secondary N) is 1. The summed E-state index contributed by atoms with van der Waals surface area (Å²) in [6, 6.07) is 4.57. The van der Waals surface area contributed by atoms with Gasteiger partial charge < -0.3 is 0 Å². The zero-order valence-corrected chi connectivity index (χ0v) is 10.4. The first-order valence-corrected chi connectivity index (χ1v) is 7.44. The summed E-state index contributed by atoms with van der Waals surface area (Å²) >= 11 is 3.86. The summed E-state index contributed by atoms with van der Waals surface area (Å²) in [4.78, 5) is 1.35. The molecule has 0 bridgehead atoms. The standard InChI is InChI=1S/C11H18N2S2/c12-13-10(11-6-3-7-14-11)8-15-9-4-1-2-5-9/h3,6-7,9-10,13H,1-2,4-5,8,12H2. The van der Waals surface area contributed by atoms with E-state index in [4.69, 9.17) is 5.84 Å². The van der Waals surface area contributed by atoms with Gasteiger partial charge in [0.2, 0.25) is 0 Å². The Kier molecular flexibility index (Phi) is 4.50. The van der Waals surface area contributed by atoms with Crippen molar-refractivity contribution in [1.82, 2.24) is 5.43 Å². The molecule has 4 heteroatoms. The summed E-state index contributed by atoms with van der Waals surface area (Å²) in [5.41, 5.74) is 2.92.